The van der Waals surface area contributed by atoms with Crippen LogP contribution in [0.15, 0.2) is 47.1 Å². The van der Waals surface area contributed by atoms with Crippen LogP contribution in [0, 0.1) is 0 Å². The van der Waals surface area contributed by atoms with Crippen molar-refractivity contribution in [3.63, 3.8) is 0 Å². The molecule has 6 heteroatoms. The highest BCUT2D eigenvalue weighted by atomic mass is 16.3. The van der Waals surface area contributed by atoms with Crippen LogP contribution >= 0.6 is 0 Å². The second-order valence-corrected chi connectivity index (χ2v) is 6.14. The molecule has 3 rings (SSSR count). The summed E-state index contributed by atoms with van der Waals surface area (Å²) in [6.07, 6.45) is 1.65. The number of piperazine rings is 1. The number of carbonyl (C=O) groups is 1. The van der Waals surface area contributed by atoms with Gasteiger partial charge >= 0.3 is 0 Å². The fraction of sp³-hybridized carbons (Fsp3) is 0.389. The number of likely N-dealkylation sites (N-methyl/N-ethyl adjacent to an activating group) is 1. The molecule has 1 N–H and O–H groups in total. The maximum absolute atomic E-state index is 12.4. The number of phenolic OH excluding ortho intramolecular Hbond substituents is 1. The van der Waals surface area contributed by atoms with Crippen LogP contribution in [0.5, 0.6) is 5.75 Å². The number of nitrogens with zero attached hydrogens (tertiary/aromatic N) is 3. The van der Waals surface area contributed by atoms with E-state index in [-0.39, 0.29) is 11.7 Å². The van der Waals surface area contributed by atoms with Gasteiger partial charge in [0.2, 0.25) is 5.91 Å². The van der Waals surface area contributed by atoms with Crippen molar-refractivity contribution < 1.29 is 14.3 Å². The summed E-state index contributed by atoms with van der Waals surface area (Å²) in [5.74, 6) is 1.28. The Morgan fingerprint density at radius 2 is 1.88 bits per heavy atom. The van der Waals surface area contributed by atoms with Crippen LogP contribution in [0.1, 0.15) is 5.76 Å². The summed E-state index contributed by atoms with van der Waals surface area (Å²) < 4.78 is 5.31. The number of carbonyl (C=O) groups excluding carboxylic acids is 1. The Hall–Kier alpha value is -2.47. The molecule has 1 aromatic heterocycles. The number of rotatable bonds is 5. The predicted molar refractivity (Wildman–Crippen MR) is 91.9 cm³/mol. The molecule has 0 aliphatic carbocycles. The first-order valence-electron chi connectivity index (χ1n) is 8.14. The lowest BCUT2D eigenvalue weighted by Gasteiger charge is -2.36. The van der Waals surface area contributed by atoms with Crippen molar-refractivity contribution in [1.29, 1.82) is 0 Å². The molecule has 1 amide bonds. The molecule has 1 aliphatic heterocycles. The Bertz CT molecular complexity index is 647. The molecular weight excluding hydrogens is 306 g/mol. The van der Waals surface area contributed by atoms with Crippen LogP contribution in [0.4, 0.5) is 5.69 Å². The minimum absolute atomic E-state index is 0.148. The van der Waals surface area contributed by atoms with E-state index >= 15 is 0 Å². The summed E-state index contributed by atoms with van der Waals surface area (Å²) in [5, 5.41) is 9.36. The zero-order valence-electron chi connectivity index (χ0n) is 13.9. The SMILES string of the molecule is CN(CC(=O)N1CCN(c2ccc(O)cc2)CC1)Cc1ccco1. The zero-order chi connectivity index (χ0) is 16.9. The zero-order valence-corrected chi connectivity index (χ0v) is 13.9. The molecule has 0 radical (unpaired) electrons. The Labute approximate surface area is 141 Å². The lowest BCUT2D eigenvalue weighted by molar-refractivity contribution is -0.132. The fourth-order valence-electron chi connectivity index (χ4n) is 2.93. The number of hydrogen-bond acceptors (Lipinski definition) is 5. The monoisotopic (exact) mass is 329 g/mol. The van der Waals surface area contributed by atoms with Crippen LogP contribution in [0.2, 0.25) is 0 Å². The molecule has 0 saturated carbocycles. The normalized spacial score (nSPS) is 15.1. The average molecular weight is 329 g/mol. The van der Waals surface area contributed by atoms with Crippen molar-refractivity contribution in [3.05, 3.63) is 48.4 Å². The third-order valence-electron chi connectivity index (χ3n) is 4.26. The predicted octanol–water partition coefficient (Wildman–Crippen LogP) is 1.77. The summed E-state index contributed by atoms with van der Waals surface area (Å²) in [6, 6.07) is 11.0. The Balaban J connectivity index is 1.47. The molecule has 1 aliphatic rings. The van der Waals surface area contributed by atoms with E-state index in [9.17, 15) is 9.90 Å². The average Bonchev–Trinajstić information content (AvgIpc) is 3.08. The standard InChI is InChI=1S/C18H23N3O3/c1-19(13-17-3-2-12-24-17)14-18(23)21-10-8-20(9-11-21)15-4-6-16(22)7-5-15/h2-7,12,22H,8-11,13-14H2,1H3. The number of aromatic hydroxyl groups is 1. The molecule has 0 unspecified atom stereocenters. The van der Waals surface area contributed by atoms with Gasteiger partial charge in [0.05, 0.1) is 19.4 Å². The highest BCUT2D eigenvalue weighted by Gasteiger charge is 2.22. The molecular formula is C18H23N3O3. The molecule has 0 atom stereocenters. The highest BCUT2D eigenvalue weighted by Crippen LogP contribution is 2.19. The molecule has 2 aromatic rings. The van der Waals surface area contributed by atoms with Gasteiger partial charge in [0.15, 0.2) is 0 Å². The number of anilines is 1. The Kier molecular flexibility index (Phi) is 5.05. The number of furan rings is 1. The van der Waals surface area contributed by atoms with Crippen molar-refractivity contribution in [3.8, 4) is 5.75 Å². The smallest absolute Gasteiger partial charge is 0.236 e. The number of benzene rings is 1. The molecule has 128 valence electrons. The number of phenols is 1. The van der Waals surface area contributed by atoms with Gasteiger partial charge in [0, 0.05) is 31.9 Å². The largest absolute Gasteiger partial charge is 0.508 e. The van der Waals surface area contributed by atoms with E-state index in [2.05, 4.69) is 4.90 Å². The Morgan fingerprint density at radius 1 is 1.17 bits per heavy atom. The van der Waals surface area contributed by atoms with Gasteiger partial charge in [-0.05, 0) is 43.4 Å². The third-order valence-corrected chi connectivity index (χ3v) is 4.26. The van der Waals surface area contributed by atoms with E-state index in [0.29, 0.717) is 26.2 Å². The van der Waals surface area contributed by atoms with Gasteiger partial charge in [-0.2, -0.15) is 0 Å². The molecule has 0 bridgehead atoms. The number of hydrogen-bond donors (Lipinski definition) is 1. The van der Waals surface area contributed by atoms with Crippen molar-refractivity contribution in [2.24, 2.45) is 0 Å². The van der Waals surface area contributed by atoms with Crippen molar-refractivity contribution in [1.82, 2.24) is 9.80 Å². The molecule has 1 fully saturated rings. The van der Waals surface area contributed by atoms with Gasteiger partial charge in [-0.3, -0.25) is 9.69 Å². The van der Waals surface area contributed by atoms with E-state index in [1.165, 1.54) is 0 Å². The van der Waals surface area contributed by atoms with Gasteiger partial charge in [0.1, 0.15) is 11.5 Å². The van der Waals surface area contributed by atoms with Crippen LogP contribution in [0.25, 0.3) is 0 Å². The molecule has 2 heterocycles. The first-order chi connectivity index (χ1) is 11.6. The molecule has 1 aromatic carbocycles. The van der Waals surface area contributed by atoms with Gasteiger partial charge in [-0.15, -0.1) is 0 Å². The maximum Gasteiger partial charge on any atom is 0.236 e. The summed E-state index contributed by atoms with van der Waals surface area (Å²) in [6.45, 7) is 4.06. The minimum atomic E-state index is 0.148. The maximum atomic E-state index is 12.4. The summed E-state index contributed by atoms with van der Waals surface area (Å²) >= 11 is 0. The van der Waals surface area contributed by atoms with Crippen molar-refractivity contribution in [2.45, 2.75) is 6.54 Å². The molecule has 24 heavy (non-hydrogen) atoms. The Morgan fingerprint density at radius 3 is 2.50 bits per heavy atom. The topological polar surface area (TPSA) is 60.2 Å². The van der Waals surface area contributed by atoms with E-state index in [1.54, 1.807) is 18.4 Å². The van der Waals surface area contributed by atoms with Crippen LogP contribution in [0.3, 0.4) is 0 Å². The second-order valence-electron chi connectivity index (χ2n) is 6.14. The van der Waals surface area contributed by atoms with Crippen LogP contribution in [-0.4, -0.2) is 60.6 Å². The van der Waals surface area contributed by atoms with Crippen LogP contribution in [-0.2, 0) is 11.3 Å². The van der Waals surface area contributed by atoms with Gasteiger partial charge < -0.3 is 19.3 Å². The lowest BCUT2D eigenvalue weighted by atomic mass is 10.2. The quantitative estimate of drug-likeness (QED) is 0.906. The van der Waals surface area contributed by atoms with E-state index in [1.807, 2.05) is 41.1 Å². The third kappa shape index (κ3) is 4.08. The van der Waals surface area contributed by atoms with E-state index in [4.69, 9.17) is 4.42 Å². The van der Waals surface area contributed by atoms with E-state index < -0.39 is 0 Å². The highest BCUT2D eigenvalue weighted by molar-refractivity contribution is 5.78. The minimum Gasteiger partial charge on any atom is -0.508 e. The van der Waals surface area contributed by atoms with Crippen LogP contribution < -0.4 is 4.90 Å². The van der Waals surface area contributed by atoms with Gasteiger partial charge in [-0.25, -0.2) is 0 Å². The number of amides is 1. The van der Waals surface area contributed by atoms with Crippen molar-refractivity contribution in [2.75, 3.05) is 44.7 Å². The summed E-state index contributed by atoms with van der Waals surface area (Å²) in [5.41, 5.74) is 1.08. The lowest BCUT2D eigenvalue weighted by Crippen LogP contribution is -2.51. The van der Waals surface area contributed by atoms with E-state index in [0.717, 1.165) is 24.5 Å². The first kappa shape index (κ1) is 16.4. The van der Waals surface area contributed by atoms with Gasteiger partial charge in [-0.1, -0.05) is 0 Å². The molecule has 0 spiro atoms. The molecule has 6 nitrogen and oxygen atoms in total. The summed E-state index contributed by atoms with van der Waals surface area (Å²) in [4.78, 5) is 18.5. The van der Waals surface area contributed by atoms with Gasteiger partial charge in [0.25, 0.3) is 0 Å². The second kappa shape index (κ2) is 7.40. The first-order valence-corrected chi connectivity index (χ1v) is 8.14. The fourth-order valence-corrected chi connectivity index (χ4v) is 2.93. The molecule has 1 saturated heterocycles. The van der Waals surface area contributed by atoms with Crippen molar-refractivity contribution >= 4 is 11.6 Å². The summed E-state index contributed by atoms with van der Waals surface area (Å²) in [7, 11) is 1.92.